The first-order valence-electron chi connectivity index (χ1n) is 8.27. The van der Waals surface area contributed by atoms with Crippen LogP contribution in [0.4, 0.5) is 0 Å². The Labute approximate surface area is 141 Å². The van der Waals surface area contributed by atoms with Crippen molar-refractivity contribution in [2.45, 2.75) is 38.3 Å². The number of hydrogen-bond acceptors (Lipinski definition) is 4. The number of fused-ring (bicyclic) bond motifs is 2. The van der Waals surface area contributed by atoms with Crippen molar-refractivity contribution in [3.05, 3.63) is 57.0 Å². The van der Waals surface area contributed by atoms with Crippen LogP contribution in [0.5, 0.6) is 0 Å². The van der Waals surface area contributed by atoms with Gasteiger partial charge < -0.3 is 5.11 Å². The highest BCUT2D eigenvalue weighted by atomic mass is 32.1. The van der Waals surface area contributed by atoms with Gasteiger partial charge >= 0.3 is 0 Å². The Kier molecular flexibility index (Phi) is 3.84. The Morgan fingerprint density at radius 3 is 2.78 bits per heavy atom. The lowest BCUT2D eigenvalue weighted by atomic mass is 9.74. The summed E-state index contributed by atoms with van der Waals surface area (Å²) in [6.45, 7) is 5.29. The zero-order valence-corrected chi connectivity index (χ0v) is 14.3. The summed E-state index contributed by atoms with van der Waals surface area (Å²) in [6.07, 6.45) is 7.10. The number of aryl methyl sites for hydroxylation is 1. The van der Waals surface area contributed by atoms with Gasteiger partial charge in [-0.2, -0.15) is 0 Å². The van der Waals surface area contributed by atoms with Gasteiger partial charge in [-0.05, 0) is 44.0 Å². The van der Waals surface area contributed by atoms with E-state index in [1.165, 1.54) is 28.8 Å². The Balaban J connectivity index is 1.46. The van der Waals surface area contributed by atoms with Crippen LogP contribution in [-0.4, -0.2) is 28.1 Å². The summed E-state index contributed by atoms with van der Waals surface area (Å²) in [5.41, 5.74) is 4.24. The molecule has 2 aliphatic rings. The average Bonchev–Trinajstić information content (AvgIpc) is 3.12. The summed E-state index contributed by atoms with van der Waals surface area (Å²) < 4.78 is 0. The van der Waals surface area contributed by atoms with Gasteiger partial charge in [0.1, 0.15) is 5.01 Å². The molecular formula is C19H22N2OS. The van der Waals surface area contributed by atoms with Gasteiger partial charge in [0.05, 0.1) is 12.3 Å². The van der Waals surface area contributed by atoms with Crippen molar-refractivity contribution < 1.29 is 5.11 Å². The summed E-state index contributed by atoms with van der Waals surface area (Å²) in [6, 6.07) is 8.82. The van der Waals surface area contributed by atoms with Crippen LogP contribution in [0.15, 0.2) is 30.3 Å². The van der Waals surface area contributed by atoms with E-state index in [0.717, 1.165) is 30.3 Å². The lowest BCUT2D eigenvalue weighted by Crippen LogP contribution is -2.40. The fourth-order valence-corrected chi connectivity index (χ4v) is 4.86. The van der Waals surface area contributed by atoms with Crippen LogP contribution in [0, 0.1) is 6.92 Å². The van der Waals surface area contributed by atoms with Crippen molar-refractivity contribution in [3.63, 3.8) is 0 Å². The molecule has 1 spiro atoms. The number of hydrogen-bond donors (Lipinski definition) is 1. The summed E-state index contributed by atoms with van der Waals surface area (Å²) >= 11 is 1.65. The van der Waals surface area contributed by atoms with Crippen molar-refractivity contribution in [1.29, 1.82) is 0 Å². The Bertz CT molecular complexity index is 742. The molecular weight excluding hydrogens is 304 g/mol. The number of aliphatic hydroxyl groups excluding tert-OH is 1. The van der Waals surface area contributed by atoms with E-state index >= 15 is 0 Å². The predicted octanol–water partition coefficient (Wildman–Crippen LogP) is 3.50. The summed E-state index contributed by atoms with van der Waals surface area (Å²) in [5, 5.41) is 10.1. The first-order chi connectivity index (χ1) is 11.2. The van der Waals surface area contributed by atoms with Crippen LogP contribution in [-0.2, 0) is 18.6 Å². The second kappa shape index (κ2) is 5.86. The van der Waals surface area contributed by atoms with Crippen LogP contribution in [0.3, 0.4) is 0 Å². The molecule has 0 saturated carbocycles. The Morgan fingerprint density at radius 2 is 2.04 bits per heavy atom. The third-order valence-corrected chi connectivity index (χ3v) is 6.39. The van der Waals surface area contributed by atoms with Crippen molar-refractivity contribution in [1.82, 2.24) is 9.88 Å². The normalized spacial score (nSPS) is 19.4. The van der Waals surface area contributed by atoms with Gasteiger partial charge in [-0.3, -0.25) is 4.90 Å². The second-order valence-electron chi connectivity index (χ2n) is 6.63. The molecule has 23 heavy (non-hydrogen) atoms. The smallest absolute Gasteiger partial charge is 0.119 e. The minimum absolute atomic E-state index is 0.0518. The highest BCUT2D eigenvalue weighted by Gasteiger charge is 2.37. The Morgan fingerprint density at radius 1 is 1.26 bits per heavy atom. The summed E-state index contributed by atoms with van der Waals surface area (Å²) in [4.78, 5) is 8.25. The Hall–Kier alpha value is -1.49. The summed E-state index contributed by atoms with van der Waals surface area (Å²) in [5.74, 6) is 0. The van der Waals surface area contributed by atoms with Crippen LogP contribution in [0.2, 0.25) is 0 Å². The van der Waals surface area contributed by atoms with Gasteiger partial charge in [0.15, 0.2) is 0 Å². The standard InChI is InChI=1S/C19H22N2OS/c1-14-17(23-18(13-22)20-14)12-21-10-8-19(9-11-21)7-6-15-4-2-3-5-16(15)19/h2-7,22H,8-13H2,1H3. The highest BCUT2D eigenvalue weighted by molar-refractivity contribution is 7.11. The van der Waals surface area contributed by atoms with E-state index in [9.17, 15) is 5.11 Å². The molecule has 1 aliphatic heterocycles. The van der Waals surface area contributed by atoms with Crippen LogP contribution in [0.25, 0.3) is 6.08 Å². The molecule has 4 heteroatoms. The third-order valence-electron chi connectivity index (χ3n) is 5.27. The zero-order valence-electron chi connectivity index (χ0n) is 13.5. The maximum atomic E-state index is 9.24. The average molecular weight is 326 g/mol. The molecule has 1 aliphatic carbocycles. The molecule has 4 rings (SSSR count). The zero-order chi connectivity index (χ0) is 15.9. The number of nitrogens with zero attached hydrogens (tertiary/aromatic N) is 2. The molecule has 1 fully saturated rings. The number of thiazole rings is 1. The van der Waals surface area contributed by atoms with Gasteiger partial charge in [-0.15, -0.1) is 11.3 Å². The van der Waals surface area contributed by atoms with Crippen molar-refractivity contribution in [3.8, 4) is 0 Å². The third kappa shape index (κ3) is 2.65. The quantitative estimate of drug-likeness (QED) is 0.938. The van der Waals surface area contributed by atoms with E-state index in [2.05, 4.69) is 46.3 Å². The molecule has 1 N–H and O–H groups in total. The topological polar surface area (TPSA) is 36.4 Å². The van der Waals surface area contributed by atoms with Crippen LogP contribution >= 0.6 is 11.3 Å². The first-order valence-corrected chi connectivity index (χ1v) is 9.09. The summed E-state index contributed by atoms with van der Waals surface area (Å²) in [7, 11) is 0. The fourth-order valence-electron chi connectivity index (χ4n) is 3.89. The number of benzene rings is 1. The van der Waals surface area contributed by atoms with Gasteiger partial charge in [0.25, 0.3) is 0 Å². The molecule has 0 bridgehead atoms. The predicted molar refractivity (Wildman–Crippen MR) is 94.4 cm³/mol. The molecule has 2 aromatic rings. The highest BCUT2D eigenvalue weighted by Crippen LogP contribution is 2.43. The minimum Gasteiger partial charge on any atom is -0.389 e. The molecule has 120 valence electrons. The van der Waals surface area contributed by atoms with E-state index in [4.69, 9.17) is 0 Å². The lowest BCUT2D eigenvalue weighted by molar-refractivity contribution is 0.178. The van der Waals surface area contributed by atoms with E-state index < -0.39 is 0 Å². The second-order valence-corrected chi connectivity index (χ2v) is 7.80. The number of aliphatic hydroxyl groups is 1. The number of allylic oxidation sites excluding steroid dienone is 1. The van der Waals surface area contributed by atoms with Crippen LogP contribution in [0.1, 0.15) is 39.5 Å². The van der Waals surface area contributed by atoms with E-state index in [1.807, 2.05) is 6.92 Å². The first kappa shape index (κ1) is 15.1. The number of likely N-dealkylation sites (tertiary alicyclic amines) is 1. The molecule has 0 amide bonds. The monoisotopic (exact) mass is 326 g/mol. The van der Waals surface area contributed by atoms with Gasteiger partial charge in [-0.1, -0.05) is 36.4 Å². The molecule has 2 heterocycles. The number of piperidine rings is 1. The minimum atomic E-state index is 0.0518. The van der Waals surface area contributed by atoms with E-state index in [0.29, 0.717) is 0 Å². The maximum absolute atomic E-state index is 9.24. The van der Waals surface area contributed by atoms with Crippen molar-refractivity contribution in [2.24, 2.45) is 0 Å². The van der Waals surface area contributed by atoms with Crippen LogP contribution < -0.4 is 0 Å². The van der Waals surface area contributed by atoms with Gasteiger partial charge in [0, 0.05) is 16.8 Å². The van der Waals surface area contributed by atoms with Gasteiger partial charge in [-0.25, -0.2) is 4.98 Å². The molecule has 0 radical (unpaired) electrons. The van der Waals surface area contributed by atoms with E-state index in [1.54, 1.807) is 11.3 Å². The SMILES string of the molecule is Cc1nc(CO)sc1CN1CCC2(C=Cc3ccccc32)CC1. The van der Waals surface area contributed by atoms with Crippen molar-refractivity contribution >= 4 is 17.4 Å². The van der Waals surface area contributed by atoms with Crippen molar-refractivity contribution in [2.75, 3.05) is 13.1 Å². The van der Waals surface area contributed by atoms with Gasteiger partial charge in [0.2, 0.25) is 0 Å². The lowest BCUT2D eigenvalue weighted by Gasteiger charge is -2.39. The molecule has 0 unspecified atom stereocenters. The molecule has 1 aromatic carbocycles. The molecule has 3 nitrogen and oxygen atoms in total. The largest absolute Gasteiger partial charge is 0.389 e. The molecule has 1 aromatic heterocycles. The number of rotatable bonds is 3. The molecule has 1 saturated heterocycles. The fraction of sp³-hybridized carbons (Fsp3) is 0.421. The number of aromatic nitrogens is 1. The molecule has 0 atom stereocenters. The van der Waals surface area contributed by atoms with E-state index in [-0.39, 0.29) is 12.0 Å². The maximum Gasteiger partial charge on any atom is 0.119 e.